The molecule has 1 fully saturated rings. The van der Waals surface area contributed by atoms with Gasteiger partial charge in [-0.2, -0.15) is 0 Å². The van der Waals surface area contributed by atoms with Gasteiger partial charge in [0.2, 0.25) is 10.0 Å². The third-order valence-electron chi connectivity index (χ3n) is 2.97. The van der Waals surface area contributed by atoms with Crippen molar-refractivity contribution in [3.8, 4) is 5.75 Å². The van der Waals surface area contributed by atoms with Gasteiger partial charge in [0.1, 0.15) is 9.84 Å². The van der Waals surface area contributed by atoms with Gasteiger partial charge in [0.05, 0.1) is 16.8 Å². The molecule has 1 aliphatic heterocycles. The zero-order valence-corrected chi connectivity index (χ0v) is 11.6. The molecule has 0 amide bonds. The van der Waals surface area contributed by atoms with Crippen LogP contribution in [0.4, 0.5) is 5.82 Å². The van der Waals surface area contributed by atoms with E-state index in [9.17, 15) is 21.9 Å². The van der Waals surface area contributed by atoms with Gasteiger partial charge >= 0.3 is 0 Å². The zero-order valence-electron chi connectivity index (χ0n) is 9.98. The van der Waals surface area contributed by atoms with Crippen molar-refractivity contribution in [2.45, 2.75) is 18.1 Å². The Bertz CT molecular complexity index is 655. The summed E-state index contributed by atoms with van der Waals surface area (Å²) in [6.07, 6.45) is 1.47. The van der Waals surface area contributed by atoms with Gasteiger partial charge in [0.25, 0.3) is 0 Å². The van der Waals surface area contributed by atoms with E-state index < -0.39 is 25.1 Å². The summed E-state index contributed by atoms with van der Waals surface area (Å²) in [6, 6.07) is 2.79. The lowest BCUT2D eigenvalue weighted by Crippen LogP contribution is -2.36. The van der Waals surface area contributed by atoms with E-state index in [2.05, 4.69) is 9.71 Å². The lowest BCUT2D eigenvalue weighted by atomic mass is 10.2. The van der Waals surface area contributed by atoms with Crippen molar-refractivity contribution in [1.82, 2.24) is 4.98 Å². The molecule has 0 bridgehead atoms. The molecule has 2 N–H and O–H groups in total. The number of pyridine rings is 1. The second-order valence-corrected chi connectivity index (χ2v) is 8.63. The molecule has 0 atom stereocenters. The van der Waals surface area contributed by atoms with E-state index in [0.717, 1.165) is 0 Å². The number of anilines is 1. The van der Waals surface area contributed by atoms with Crippen molar-refractivity contribution in [3.63, 3.8) is 0 Å². The second-order valence-electron chi connectivity index (χ2n) is 4.37. The van der Waals surface area contributed by atoms with Crippen LogP contribution in [-0.2, 0) is 19.9 Å². The maximum absolute atomic E-state index is 12.1. The fourth-order valence-corrected chi connectivity index (χ4v) is 5.11. The number of sulfonamides is 1. The minimum atomic E-state index is -3.75. The number of aromatic hydroxyl groups is 1. The molecular formula is C10H14N2O5S2. The van der Waals surface area contributed by atoms with Gasteiger partial charge in [-0.3, -0.25) is 4.72 Å². The van der Waals surface area contributed by atoms with Crippen molar-refractivity contribution < 1.29 is 21.9 Å². The van der Waals surface area contributed by atoms with Crippen LogP contribution >= 0.6 is 0 Å². The Kier molecular flexibility index (Phi) is 3.68. The molecule has 1 saturated heterocycles. The van der Waals surface area contributed by atoms with Gasteiger partial charge in [-0.1, -0.05) is 0 Å². The molecule has 2 heterocycles. The van der Waals surface area contributed by atoms with Gasteiger partial charge in [0, 0.05) is 6.20 Å². The molecule has 1 aromatic rings. The quantitative estimate of drug-likeness (QED) is 0.819. The van der Waals surface area contributed by atoms with Crippen LogP contribution in [0.15, 0.2) is 18.3 Å². The Labute approximate surface area is 111 Å². The molecule has 0 radical (unpaired) electrons. The van der Waals surface area contributed by atoms with E-state index in [1.54, 1.807) is 0 Å². The molecule has 9 heteroatoms. The van der Waals surface area contributed by atoms with Crippen LogP contribution in [0.25, 0.3) is 0 Å². The van der Waals surface area contributed by atoms with Crippen LogP contribution in [-0.4, -0.2) is 43.7 Å². The van der Waals surface area contributed by atoms with Crippen LogP contribution in [0.1, 0.15) is 12.8 Å². The summed E-state index contributed by atoms with van der Waals surface area (Å²) in [4.78, 5) is 3.73. The van der Waals surface area contributed by atoms with Gasteiger partial charge in [0.15, 0.2) is 11.6 Å². The molecule has 0 spiro atoms. The second kappa shape index (κ2) is 4.97. The van der Waals surface area contributed by atoms with Crippen molar-refractivity contribution >= 4 is 25.7 Å². The molecule has 0 aliphatic carbocycles. The van der Waals surface area contributed by atoms with Crippen molar-refractivity contribution in [2.24, 2.45) is 0 Å². The number of rotatable bonds is 3. The standard InChI is InChI=1S/C10H14N2O5S2/c13-9-2-1-5-11-10(9)12-19(16,17)8-3-6-18(14,15)7-4-8/h1-2,5,8,13H,3-4,6-7H2,(H,11,12). The van der Waals surface area contributed by atoms with Gasteiger partial charge in [-0.25, -0.2) is 21.8 Å². The maximum Gasteiger partial charge on any atom is 0.236 e. The smallest absolute Gasteiger partial charge is 0.236 e. The lowest BCUT2D eigenvalue weighted by Gasteiger charge is -2.22. The predicted molar refractivity (Wildman–Crippen MR) is 70.1 cm³/mol. The topological polar surface area (TPSA) is 113 Å². The summed E-state index contributed by atoms with van der Waals surface area (Å²) < 4.78 is 48.9. The average Bonchev–Trinajstić information content (AvgIpc) is 2.31. The van der Waals surface area contributed by atoms with Gasteiger partial charge < -0.3 is 5.11 Å². The normalized spacial score (nSPS) is 20.0. The Hall–Kier alpha value is -1.35. The molecule has 7 nitrogen and oxygen atoms in total. The summed E-state index contributed by atoms with van der Waals surface area (Å²) >= 11 is 0. The van der Waals surface area contributed by atoms with Crippen molar-refractivity contribution in [3.05, 3.63) is 18.3 Å². The van der Waals surface area contributed by atoms with Crippen molar-refractivity contribution in [2.75, 3.05) is 16.2 Å². The minimum absolute atomic E-state index is 0.0608. The summed E-state index contributed by atoms with van der Waals surface area (Å²) in [5.74, 6) is -0.676. The largest absolute Gasteiger partial charge is 0.504 e. The molecular weight excluding hydrogens is 292 g/mol. The Morgan fingerprint density at radius 2 is 1.95 bits per heavy atom. The Morgan fingerprint density at radius 1 is 1.32 bits per heavy atom. The summed E-state index contributed by atoms with van der Waals surface area (Å²) in [7, 11) is -6.86. The average molecular weight is 306 g/mol. The van der Waals surface area contributed by atoms with E-state index >= 15 is 0 Å². The van der Waals surface area contributed by atoms with Crippen LogP contribution in [0.3, 0.4) is 0 Å². The van der Waals surface area contributed by atoms with E-state index in [4.69, 9.17) is 0 Å². The lowest BCUT2D eigenvalue weighted by molar-refractivity contribution is 0.475. The predicted octanol–water partition coefficient (Wildman–Crippen LogP) is 0.106. The maximum atomic E-state index is 12.1. The summed E-state index contributed by atoms with van der Waals surface area (Å²) in [5.41, 5.74) is 0. The third kappa shape index (κ3) is 3.35. The Morgan fingerprint density at radius 3 is 2.53 bits per heavy atom. The fraction of sp³-hybridized carbons (Fsp3) is 0.500. The molecule has 0 unspecified atom stereocenters. The first-order chi connectivity index (χ1) is 8.80. The van der Waals surface area contributed by atoms with Gasteiger partial charge in [-0.05, 0) is 25.0 Å². The fourth-order valence-electron chi connectivity index (χ4n) is 1.87. The molecule has 0 saturated carbocycles. The van der Waals surface area contributed by atoms with E-state index in [1.807, 2.05) is 0 Å². The highest BCUT2D eigenvalue weighted by atomic mass is 32.2. The van der Waals surface area contributed by atoms with Crippen LogP contribution in [0.5, 0.6) is 5.75 Å². The van der Waals surface area contributed by atoms with Crippen LogP contribution in [0.2, 0.25) is 0 Å². The van der Waals surface area contributed by atoms with Crippen LogP contribution < -0.4 is 4.72 Å². The number of nitrogens with zero attached hydrogens (tertiary/aromatic N) is 1. The molecule has 19 heavy (non-hydrogen) atoms. The first-order valence-electron chi connectivity index (χ1n) is 5.66. The van der Waals surface area contributed by atoms with E-state index in [1.165, 1.54) is 18.3 Å². The highest BCUT2D eigenvalue weighted by molar-refractivity contribution is 7.94. The highest BCUT2D eigenvalue weighted by Crippen LogP contribution is 2.24. The number of hydrogen-bond acceptors (Lipinski definition) is 6. The number of aromatic nitrogens is 1. The number of hydrogen-bond donors (Lipinski definition) is 2. The SMILES string of the molecule is O=S1(=O)CCC(S(=O)(=O)Nc2ncccc2O)CC1. The van der Waals surface area contributed by atoms with Gasteiger partial charge in [-0.15, -0.1) is 0 Å². The number of nitrogens with one attached hydrogen (secondary N) is 1. The highest BCUT2D eigenvalue weighted by Gasteiger charge is 2.33. The van der Waals surface area contributed by atoms with E-state index in [-0.39, 0.29) is 35.9 Å². The molecule has 0 aromatic carbocycles. The minimum Gasteiger partial charge on any atom is -0.504 e. The third-order valence-corrected chi connectivity index (χ3v) is 6.51. The zero-order chi connectivity index (χ0) is 14.1. The first-order valence-corrected chi connectivity index (χ1v) is 9.03. The molecule has 2 rings (SSSR count). The monoisotopic (exact) mass is 306 g/mol. The van der Waals surface area contributed by atoms with Crippen molar-refractivity contribution in [1.29, 1.82) is 0 Å². The number of sulfone groups is 1. The summed E-state index contributed by atoms with van der Waals surface area (Å²) in [5, 5.41) is 8.69. The molecule has 1 aromatic heterocycles. The van der Waals surface area contributed by atoms with E-state index in [0.29, 0.717) is 0 Å². The molecule has 1 aliphatic rings. The Balaban J connectivity index is 2.14. The van der Waals surface area contributed by atoms with Crippen LogP contribution in [0, 0.1) is 0 Å². The first kappa shape index (κ1) is 14.1. The molecule has 106 valence electrons. The summed E-state index contributed by atoms with van der Waals surface area (Å²) in [6.45, 7) is 0.